The van der Waals surface area contributed by atoms with Crippen LogP contribution in [0.2, 0.25) is 0 Å². The highest BCUT2D eigenvalue weighted by molar-refractivity contribution is 7.10. The van der Waals surface area contributed by atoms with Crippen LogP contribution in [0, 0.1) is 0 Å². The Morgan fingerprint density at radius 1 is 1.23 bits per heavy atom. The summed E-state index contributed by atoms with van der Waals surface area (Å²) < 4.78 is 0. The number of benzene rings is 1. The third-order valence-electron chi connectivity index (χ3n) is 5.02. The average molecular weight is 369 g/mol. The Kier molecular flexibility index (Phi) is 4.24. The highest BCUT2D eigenvalue weighted by atomic mass is 32.1. The van der Waals surface area contributed by atoms with Gasteiger partial charge in [0.2, 0.25) is 5.91 Å². The van der Waals surface area contributed by atoms with E-state index >= 15 is 0 Å². The molecule has 1 aromatic heterocycles. The standard InChI is InChI=1S/C19H19N3O3S/c1-12-15-7-9-26-16(15)6-8-21(12)18(24)14-4-2-13(3-5-14)11-22-17(23)10-20-19(22)25/h2-5,7,9,12H,6,8,10-11H2,1H3,(H,20,25)/t12-/m1/s1. The summed E-state index contributed by atoms with van der Waals surface area (Å²) in [5, 5.41) is 4.58. The van der Waals surface area contributed by atoms with Gasteiger partial charge in [-0.1, -0.05) is 12.1 Å². The van der Waals surface area contributed by atoms with Gasteiger partial charge in [-0.05, 0) is 48.1 Å². The molecule has 0 spiro atoms. The van der Waals surface area contributed by atoms with Gasteiger partial charge in [0.25, 0.3) is 5.91 Å². The van der Waals surface area contributed by atoms with Crippen LogP contribution in [-0.2, 0) is 17.8 Å². The van der Waals surface area contributed by atoms with Gasteiger partial charge >= 0.3 is 6.03 Å². The van der Waals surface area contributed by atoms with Gasteiger partial charge in [-0.3, -0.25) is 14.5 Å². The van der Waals surface area contributed by atoms with Crippen LogP contribution in [0.25, 0.3) is 0 Å². The van der Waals surface area contributed by atoms with Crippen LogP contribution in [0.5, 0.6) is 0 Å². The molecule has 0 radical (unpaired) electrons. The van der Waals surface area contributed by atoms with Crippen LogP contribution >= 0.6 is 11.3 Å². The predicted octanol–water partition coefficient (Wildman–Crippen LogP) is 2.56. The van der Waals surface area contributed by atoms with Gasteiger partial charge in [-0.2, -0.15) is 0 Å². The van der Waals surface area contributed by atoms with Gasteiger partial charge in [0.15, 0.2) is 0 Å². The summed E-state index contributed by atoms with van der Waals surface area (Å²) in [5.74, 6) is -0.222. The minimum atomic E-state index is -0.371. The molecule has 1 N–H and O–H groups in total. The minimum absolute atomic E-state index is 0.0101. The lowest BCUT2D eigenvalue weighted by Crippen LogP contribution is -2.38. The Morgan fingerprint density at radius 2 is 2.00 bits per heavy atom. The van der Waals surface area contributed by atoms with Crippen LogP contribution in [0.1, 0.15) is 39.3 Å². The SMILES string of the molecule is C[C@@H]1c2ccsc2CCN1C(=O)c1ccc(CN2C(=O)CNC2=O)cc1. The Hall–Kier alpha value is -2.67. The van der Waals surface area contributed by atoms with E-state index in [1.807, 2.05) is 4.90 Å². The molecule has 0 saturated carbocycles. The first-order chi connectivity index (χ1) is 12.5. The molecule has 1 saturated heterocycles. The average Bonchev–Trinajstić information content (AvgIpc) is 3.25. The molecular weight excluding hydrogens is 350 g/mol. The maximum Gasteiger partial charge on any atom is 0.324 e. The lowest BCUT2D eigenvalue weighted by Gasteiger charge is -2.33. The summed E-state index contributed by atoms with van der Waals surface area (Å²) in [6.45, 7) is 3.05. The van der Waals surface area contributed by atoms with Crippen LogP contribution in [0.4, 0.5) is 4.79 Å². The Morgan fingerprint density at radius 3 is 2.69 bits per heavy atom. The monoisotopic (exact) mass is 369 g/mol. The number of hydrogen-bond acceptors (Lipinski definition) is 4. The molecule has 0 aliphatic carbocycles. The fraction of sp³-hybridized carbons (Fsp3) is 0.316. The summed E-state index contributed by atoms with van der Waals surface area (Å²) in [6, 6.07) is 8.95. The molecular formula is C19H19N3O3S. The predicted molar refractivity (Wildman–Crippen MR) is 97.9 cm³/mol. The molecule has 4 rings (SSSR count). The van der Waals surface area contributed by atoms with E-state index < -0.39 is 0 Å². The smallest absolute Gasteiger partial charge is 0.324 e. The number of thiophene rings is 1. The van der Waals surface area contributed by atoms with Crippen molar-refractivity contribution in [2.45, 2.75) is 25.9 Å². The fourth-order valence-corrected chi connectivity index (χ4v) is 4.47. The van der Waals surface area contributed by atoms with Crippen molar-refractivity contribution in [3.63, 3.8) is 0 Å². The second-order valence-electron chi connectivity index (χ2n) is 6.56. The van der Waals surface area contributed by atoms with Crippen molar-refractivity contribution < 1.29 is 14.4 Å². The van der Waals surface area contributed by atoms with Crippen LogP contribution < -0.4 is 5.32 Å². The molecule has 7 heteroatoms. The zero-order chi connectivity index (χ0) is 18.3. The number of carbonyl (C=O) groups is 3. The van der Waals surface area contributed by atoms with E-state index in [1.54, 1.807) is 35.6 Å². The molecule has 134 valence electrons. The molecule has 1 aromatic carbocycles. The maximum atomic E-state index is 12.9. The zero-order valence-corrected chi connectivity index (χ0v) is 15.2. The van der Waals surface area contributed by atoms with Gasteiger partial charge in [0.05, 0.1) is 19.1 Å². The second kappa shape index (κ2) is 6.57. The number of rotatable bonds is 3. The fourth-order valence-electron chi connectivity index (χ4n) is 3.50. The van der Waals surface area contributed by atoms with E-state index in [4.69, 9.17) is 0 Å². The molecule has 26 heavy (non-hydrogen) atoms. The molecule has 2 aromatic rings. The molecule has 2 aliphatic heterocycles. The van der Waals surface area contributed by atoms with Crippen molar-refractivity contribution >= 4 is 29.2 Å². The van der Waals surface area contributed by atoms with Crippen molar-refractivity contribution in [1.29, 1.82) is 0 Å². The van der Waals surface area contributed by atoms with Crippen molar-refractivity contribution in [2.75, 3.05) is 13.1 Å². The van der Waals surface area contributed by atoms with Crippen molar-refractivity contribution in [3.8, 4) is 0 Å². The van der Waals surface area contributed by atoms with Crippen molar-refractivity contribution in [2.24, 2.45) is 0 Å². The molecule has 1 fully saturated rings. The van der Waals surface area contributed by atoms with Crippen LogP contribution in [0.3, 0.4) is 0 Å². The summed E-state index contributed by atoms with van der Waals surface area (Å²) in [4.78, 5) is 40.6. The first kappa shape index (κ1) is 16.8. The molecule has 0 unspecified atom stereocenters. The highest BCUT2D eigenvalue weighted by Gasteiger charge is 2.30. The van der Waals surface area contributed by atoms with Crippen LogP contribution in [-0.4, -0.2) is 40.7 Å². The molecule has 2 aliphatic rings. The molecule has 1 atom stereocenters. The quantitative estimate of drug-likeness (QED) is 0.846. The lowest BCUT2D eigenvalue weighted by atomic mass is 10.00. The van der Waals surface area contributed by atoms with E-state index in [2.05, 4.69) is 23.7 Å². The van der Waals surface area contributed by atoms with E-state index in [-0.39, 0.29) is 37.0 Å². The van der Waals surface area contributed by atoms with Gasteiger partial charge in [0, 0.05) is 17.0 Å². The van der Waals surface area contributed by atoms with Gasteiger partial charge < -0.3 is 10.2 Å². The van der Waals surface area contributed by atoms with Gasteiger partial charge in [-0.15, -0.1) is 11.3 Å². The minimum Gasteiger partial charge on any atom is -0.331 e. The van der Waals surface area contributed by atoms with E-state index in [9.17, 15) is 14.4 Å². The Labute approximate surface area is 155 Å². The number of carbonyl (C=O) groups excluding carboxylic acids is 3. The number of nitrogens with one attached hydrogen (secondary N) is 1. The maximum absolute atomic E-state index is 12.9. The first-order valence-corrected chi connectivity index (χ1v) is 9.47. The Bertz CT molecular complexity index is 858. The number of amides is 4. The number of urea groups is 1. The number of nitrogens with zero attached hydrogens (tertiary/aromatic N) is 2. The number of hydrogen-bond donors (Lipinski definition) is 1. The highest BCUT2D eigenvalue weighted by Crippen LogP contribution is 2.33. The number of imide groups is 1. The van der Waals surface area contributed by atoms with E-state index in [0.29, 0.717) is 5.56 Å². The first-order valence-electron chi connectivity index (χ1n) is 8.59. The van der Waals surface area contributed by atoms with Gasteiger partial charge in [0.1, 0.15) is 0 Å². The topological polar surface area (TPSA) is 69.7 Å². The number of fused-ring (bicyclic) bond motifs is 1. The molecule has 0 bridgehead atoms. The molecule has 6 nitrogen and oxygen atoms in total. The van der Waals surface area contributed by atoms with Crippen molar-refractivity contribution in [1.82, 2.24) is 15.1 Å². The Balaban J connectivity index is 1.48. The van der Waals surface area contributed by atoms with Crippen molar-refractivity contribution in [3.05, 3.63) is 57.3 Å². The summed E-state index contributed by atoms with van der Waals surface area (Å²) in [6.07, 6.45) is 0.896. The van der Waals surface area contributed by atoms with Gasteiger partial charge in [-0.25, -0.2) is 4.79 Å². The normalized spacial score (nSPS) is 19.5. The molecule has 3 heterocycles. The lowest BCUT2D eigenvalue weighted by molar-refractivity contribution is -0.125. The third-order valence-corrected chi connectivity index (χ3v) is 6.01. The third kappa shape index (κ3) is 2.88. The van der Waals surface area contributed by atoms with E-state index in [0.717, 1.165) is 18.5 Å². The largest absolute Gasteiger partial charge is 0.331 e. The summed E-state index contributed by atoms with van der Waals surface area (Å²) in [7, 11) is 0. The summed E-state index contributed by atoms with van der Waals surface area (Å²) in [5.41, 5.74) is 2.68. The van der Waals surface area contributed by atoms with E-state index in [1.165, 1.54) is 15.3 Å². The zero-order valence-electron chi connectivity index (χ0n) is 14.4. The second-order valence-corrected chi connectivity index (χ2v) is 7.56. The van der Waals surface area contributed by atoms with Crippen LogP contribution in [0.15, 0.2) is 35.7 Å². The summed E-state index contributed by atoms with van der Waals surface area (Å²) >= 11 is 1.75. The molecule has 4 amide bonds.